The quantitative estimate of drug-likeness (QED) is 0.785. The molecule has 1 aromatic rings. The highest BCUT2D eigenvalue weighted by atomic mass is 19.1. The maximum atomic E-state index is 13.9. The first kappa shape index (κ1) is 9.65. The molecular weight excluding hydrogens is 181 g/mol. The van der Waals surface area contributed by atoms with E-state index >= 15 is 0 Å². The zero-order valence-electron chi connectivity index (χ0n) is 8.46. The van der Waals surface area contributed by atoms with Crippen molar-refractivity contribution in [2.75, 3.05) is 13.1 Å². The van der Waals surface area contributed by atoms with E-state index in [2.05, 4.69) is 10.4 Å². The van der Waals surface area contributed by atoms with E-state index in [0.29, 0.717) is 19.4 Å². The number of hydrogen-bond donors (Lipinski definition) is 1. The van der Waals surface area contributed by atoms with E-state index < -0.39 is 5.67 Å². The SMILES string of the molecule is Cn1cc(CCC2(F)CCNC2)cn1. The fourth-order valence-corrected chi connectivity index (χ4v) is 1.90. The van der Waals surface area contributed by atoms with Gasteiger partial charge in [-0.3, -0.25) is 4.68 Å². The number of halogens is 1. The van der Waals surface area contributed by atoms with Crippen molar-refractivity contribution in [2.45, 2.75) is 24.9 Å². The molecule has 1 atom stereocenters. The first-order valence-electron chi connectivity index (χ1n) is 5.05. The van der Waals surface area contributed by atoms with Crippen LogP contribution in [0.5, 0.6) is 0 Å². The van der Waals surface area contributed by atoms with Gasteiger partial charge in [0.1, 0.15) is 5.67 Å². The lowest BCUT2D eigenvalue weighted by atomic mass is 9.97. The number of nitrogens with zero attached hydrogens (tertiary/aromatic N) is 2. The van der Waals surface area contributed by atoms with Crippen molar-refractivity contribution in [1.82, 2.24) is 15.1 Å². The number of alkyl halides is 1. The Bertz CT molecular complexity index is 302. The van der Waals surface area contributed by atoms with Gasteiger partial charge in [0.05, 0.1) is 6.20 Å². The molecule has 0 radical (unpaired) electrons. The molecule has 1 aromatic heterocycles. The molecule has 2 rings (SSSR count). The van der Waals surface area contributed by atoms with E-state index in [4.69, 9.17) is 0 Å². The number of nitrogens with one attached hydrogen (secondary N) is 1. The van der Waals surface area contributed by atoms with Gasteiger partial charge in [-0.1, -0.05) is 0 Å². The molecule has 1 fully saturated rings. The zero-order chi connectivity index (χ0) is 10.0. The summed E-state index contributed by atoms with van der Waals surface area (Å²) in [5.74, 6) is 0. The van der Waals surface area contributed by atoms with Gasteiger partial charge in [-0.2, -0.15) is 5.10 Å². The summed E-state index contributed by atoms with van der Waals surface area (Å²) < 4.78 is 15.7. The molecule has 2 heterocycles. The van der Waals surface area contributed by atoms with Crippen molar-refractivity contribution in [2.24, 2.45) is 7.05 Å². The molecule has 1 N–H and O–H groups in total. The fourth-order valence-electron chi connectivity index (χ4n) is 1.90. The number of aromatic nitrogens is 2. The standard InChI is InChI=1S/C10H16FN3/c1-14-7-9(6-13-14)2-3-10(11)4-5-12-8-10/h6-7,12H,2-5,8H2,1H3. The van der Waals surface area contributed by atoms with Gasteiger partial charge in [0, 0.05) is 19.8 Å². The second-order valence-electron chi connectivity index (χ2n) is 4.10. The van der Waals surface area contributed by atoms with E-state index in [1.165, 1.54) is 0 Å². The lowest BCUT2D eigenvalue weighted by molar-refractivity contribution is 0.176. The first-order chi connectivity index (χ1) is 6.68. The molecule has 0 spiro atoms. The summed E-state index contributed by atoms with van der Waals surface area (Å²) in [7, 11) is 1.88. The predicted octanol–water partition coefficient (Wildman–Crippen LogP) is 1.05. The molecule has 1 aliphatic heterocycles. The smallest absolute Gasteiger partial charge is 0.124 e. The van der Waals surface area contributed by atoms with Gasteiger partial charge in [-0.05, 0) is 31.4 Å². The number of hydrogen-bond acceptors (Lipinski definition) is 2. The Labute approximate surface area is 83.3 Å². The monoisotopic (exact) mass is 197 g/mol. The third kappa shape index (κ3) is 2.12. The molecule has 0 aliphatic carbocycles. The molecular formula is C10H16FN3. The fraction of sp³-hybridized carbons (Fsp3) is 0.700. The van der Waals surface area contributed by atoms with Crippen LogP contribution in [0.3, 0.4) is 0 Å². The van der Waals surface area contributed by atoms with Crippen molar-refractivity contribution in [3.8, 4) is 0 Å². The molecule has 1 aliphatic rings. The van der Waals surface area contributed by atoms with Crippen LogP contribution in [0.15, 0.2) is 12.4 Å². The highest BCUT2D eigenvalue weighted by molar-refractivity contribution is 5.05. The van der Waals surface area contributed by atoms with Crippen LogP contribution in [-0.4, -0.2) is 28.5 Å². The van der Waals surface area contributed by atoms with Gasteiger partial charge in [-0.25, -0.2) is 4.39 Å². The van der Waals surface area contributed by atoms with E-state index in [9.17, 15) is 4.39 Å². The minimum atomic E-state index is -0.990. The van der Waals surface area contributed by atoms with E-state index in [1.54, 1.807) is 4.68 Å². The molecule has 0 amide bonds. The van der Waals surface area contributed by atoms with Gasteiger partial charge in [0.15, 0.2) is 0 Å². The number of aryl methyl sites for hydroxylation is 2. The van der Waals surface area contributed by atoms with Gasteiger partial charge < -0.3 is 5.32 Å². The second kappa shape index (κ2) is 3.69. The Kier molecular flexibility index (Phi) is 2.54. The average Bonchev–Trinajstić information content (AvgIpc) is 2.73. The summed E-state index contributed by atoms with van der Waals surface area (Å²) in [5, 5.41) is 7.12. The van der Waals surface area contributed by atoms with Crippen LogP contribution in [0.4, 0.5) is 4.39 Å². The lowest BCUT2D eigenvalue weighted by Gasteiger charge is -2.16. The van der Waals surface area contributed by atoms with Crippen molar-refractivity contribution >= 4 is 0 Å². The van der Waals surface area contributed by atoms with E-state index in [1.807, 2.05) is 19.4 Å². The highest BCUT2D eigenvalue weighted by Gasteiger charge is 2.32. The van der Waals surface area contributed by atoms with Crippen molar-refractivity contribution in [3.63, 3.8) is 0 Å². The zero-order valence-corrected chi connectivity index (χ0v) is 8.46. The highest BCUT2D eigenvalue weighted by Crippen LogP contribution is 2.25. The maximum absolute atomic E-state index is 13.9. The average molecular weight is 197 g/mol. The lowest BCUT2D eigenvalue weighted by Crippen LogP contribution is -2.26. The van der Waals surface area contributed by atoms with Crippen LogP contribution in [0.2, 0.25) is 0 Å². The molecule has 3 nitrogen and oxygen atoms in total. The Hall–Kier alpha value is -0.900. The Morgan fingerprint density at radius 3 is 3.14 bits per heavy atom. The molecule has 0 aromatic carbocycles. The molecule has 1 saturated heterocycles. The normalized spacial score (nSPS) is 27.0. The van der Waals surface area contributed by atoms with E-state index in [-0.39, 0.29) is 0 Å². The molecule has 78 valence electrons. The van der Waals surface area contributed by atoms with Crippen LogP contribution in [0, 0.1) is 0 Å². The van der Waals surface area contributed by atoms with Crippen LogP contribution >= 0.6 is 0 Å². The maximum Gasteiger partial charge on any atom is 0.124 e. The van der Waals surface area contributed by atoms with Crippen molar-refractivity contribution in [1.29, 1.82) is 0 Å². The molecule has 4 heteroatoms. The van der Waals surface area contributed by atoms with E-state index in [0.717, 1.165) is 18.5 Å². The molecule has 0 saturated carbocycles. The number of rotatable bonds is 3. The Morgan fingerprint density at radius 1 is 1.71 bits per heavy atom. The van der Waals surface area contributed by atoms with Crippen LogP contribution in [-0.2, 0) is 13.5 Å². The van der Waals surface area contributed by atoms with Crippen molar-refractivity contribution in [3.05, 3.63) is 18.0 Å². The summed E-state index contributed by atoms with van der Waals surface area (Å²) >= 11 is 0. The van der Waals surface area contributed by atoms with Gasteiger partial charge >= 0.3 is 0 Å². The first-order valence-corrected chi connectivity index (χ1v) is 5.05. The topological polar surface area (TPSA) is 29.9 Å². The van der Waals surface area contributed by atoms with Crippen LogP contribution < -0.4 is 5.32 Å². The Balaban J connectivity index is 1.87. The molecule has 0 bridgehead atoms. The third-order valence-electron chi connectivity index (χ3n) is 2.81. The summed E-state index contributed by atoms with van der Waals surface area (Å²) in [5.41, 5.74) is 0.131. The third-order valence-corrected chi connectivity index (χ3v) is 2.81. The predicted molar refractivity (Wildman–Crippen MR) is 52.9 cm³/mol. The summed E-state index contributed by atoms with van der Waals surface area (Å²) in [4.78, 5) is 0. The second-order valence-corrected chi connectivity index (χ2v) is 4.10. The van der Waals surface area contributed by atoms with Crippen LogP contribution in [0.1, 0.15) is 18.4 Å². The van der Waals surface area contributed by atoms with Gasteiger partial charge in [0.2, 0.25) is 0 Å². The Morgan fingerprint density at radius 2 is 2.57 bits per heavy atom. The van der Waals surface area contributed by atoms with Gasteiger partial charge in [0.25, 0.3) is 0 Å². The van der Waals surface area contributed by atoms with Crippen LogP contribution in [0.25, 0.3) is 0 Å². The minimum Gasteiger partial charge on any atom is -0.313 e. The summed E-state index contributed by atoms with van der Waals surface area (Å²) in [6, 6.07) is 0. The largest absolute Gasteiger partial charge is 0.313 e. The summed E-state index contributed by atoms with van der Waals surface area (Å²) in [6.07, 6.45) is 5.79. The summed E-state index contributed by atoms with van der Waals surface area (Å²) in [6.45, 7) is 1.32. The molecule has 14 heavy (non-hydrogen) atoms. The molecule has 1 unspecified atom stereocenters. The van der Waals surface area contributed by atoms with Crippen molar-refractivity contribution < 1.29 is 4.39 Å². The minimum absolute atomic E-state index is 0.507. The van der Waals surface area contributed by atoms with Gasteiger partial charge in [-0.15, -0.1) is 0 Å².